The van der Waals surface area contributed by atoms with Gasteiger partial charge in [-0.3, -0.25) is 0 Å². The molecule has 5 heteroatoms. The molecule has 0 fully saturated rings. The number of carboxylic acid groups (broad SMARTS) is 1. The summed E-state index contributed by atoms with van der Waals surface area (Å²) in [4.78, 5) is 10.4. The Morgan fingerprint density at radius 3 is 2.67 bits per heavy atom. The number of halogens is 1. The molecule has 0 saturated carbocycles. The maximum absolute atomic E-state index is 12.6. The Bertz CT molecular complexity index is 271. The molecule has 0 saturated heterocycles. The summed E-state index contributed by atoms with van der Waals surface area (Å²) in [5.41, 5.74) is -2.54. The number of carboxylic acids is 1. The minimum atomic E-state index is -2.54. The molecule has 66 valence electrons. The zero-order chi connectivity index (χ0) is 9.35. The van der Waals surface area contributed by atoms with Crippen molar-refractivity contribution in [2.75, 3.05) is 0 Å². The van der Waals surface area contributed by atoms with Crippen LogP contribution in [0.15, 0.2) is 24.1 Å². The summed E-state index contributed by atoms with van der Waals surface area (Å²) < 4.78 is 12.6. The molecule has 0 heterocycles. The van der Waals surface area contributed by atoms with E-state index in [1.165, 1.54) is 0 Å². The van der Waals surface area contributed by atoms with E-state index in [0.717, 1.165) is 18.2 Å². The molecule has 4 nitrogen and oxygen atoms in total. The van der Waals surface area contributed by atoms with Gasteiger partial charge in [0.05, 0.1) is 0 Å². The van der Waals surface area contributed by atoms with Crippen molar-refractivity contribution in [3.63, 3.8) is 0 Å². The van der Waals surface area contributed by atoms with Gasteiger partial charge in [-0.05, 0) is 12.2 Å². The van der Waals surface area contributed by atoms with Crippen LogP contribution in [0.25, 0.3) is 0 Å². The summed E-state index contributed by atoms with van der Waals surface area (Å²) in [6.07, 6.45) is 0.724. The van der Waals surface area contributed by atoms with Crippen LogP contribution in [0, 0.1) is 0 Å². The molecule has 0 bridgehead atoms. The topological polar surface area (TPSA) is 77.8 Å². The predicted octanol–water partition coefficient (Wildman–Crippen LogP) is -0.414. The molecule has 2 unspecified atom stereocenters. The van der Waals surface area contributed by atoms with Gasteiger partial charge in [0.1, 0.15) is 11.9 Å². The highest BCUT2D eigenvalue weighted by Crippen LogP contribution is 2.24. The molecule has 0 amide bonds. The number of aliphatic carboxylic acids is 1. The molecule has 1 aliphatic rings. The van der Waals surface area contributed by atoms with Crippen molar-refractivity contribution >= 4 is 5.97 Å². The lowest BCUT2D eigenvalue weighted by Gasteiger charge is -2.26. The fraction of sp³-hybridized carbons (Fsp3) is 0.286. The molecule has 0 aromatic carbocycles. The van der Waals surface area contributed by atoms with Crippen LogP contribution in [-0.4, -0.2) is 33.0 Å². The van der Waals surface area contributed by atoms with Crippen LogP contribution in [0.4, 0.5) is 4.39 Å². The van der Waals surface area contributed by atoms with Gasteiger partial charge >= 0.3 is 5.97 Å². The first-order valence-corrected chi connectivity index (χ1v) is 3.17. The van der Waals surface area contributed by atoms with Crippen LogP contribution in [0.2, 0.25) is 0 Å². The first-order chi connectivity index (χ1) is 5.48. The average molecular weight is 174 g/mol. The second-order valence-electron chi connectivity index (χ2n) is 2.44. The lowest BCUT2D eigenvalue weighted by molar-refractivity contribution is -0.162. The van der Waals surface area contributed by atoms with E-state index in [1.807, 2.05) is 0 Å². The molecule has 0 aromatic heterocycles. The average Bonchev–Trinajstić information content (AvgIpc) is 2.00. The van der Waals surface area contributed by atoms with Crippen molar-refractivity contribution in [3.05, 3.63) is 24.1 Å². The maximum Gasteiger partial charge on any atom is 0.343 e. The highest BCUT2D eigenvalue weighted by molar-refractivity contribution is 5.81. The van der Waals surface area contributed by atoms with Gasteiger partial charge < -0.3 is 15.3 Å². The second-order valence-corrected chi connectivity index (χ2v) is 2.44. The fourth-order valence-corrected chi connectivity index (χ4v) is 0.867. The minimum Gasteiger partial charge on any atom is -0.479 e. The lowest BCUT2D eigenvalue weighted by Crippen LogP contribution is -2.49. The standard InChI is InChI=1S/C7H7FO4/c8-4-2-1-3-7(12,5(4)9)6(10)11/h1-3,5,9,12H,(H,10,11). The summed E-state index contributed by atoms with van der Waals surface area (Å²) in [7, 11) is 0. The maximum atomic E-state index is 12.6. The summed E-state index contributed by atoms with van der Waals surface area (Å²) in [5, 5.41) is 26.5. The van der Waals surface area contributed by atoms with Gasteiger partial charge in [0.25, 0.3) is 0 Å². The number of carbonyl (C=O) groups is 1. The molecular weight excluding hydrogens is 167 g/mol. The number of aliphatic hydroxyl groups is 2. The Labute approximate surface area is 67.3 Å². The third kappa shape index (κ3) is 1.13. The monoisotopic (exact) mass is 174 g/mol. The smallest absolute Gasteiger partial charge is 0.343 e. The molecule has 3 N–H and O–H groups in total. The van der Waals surface area contributed by atoms with Gasteiger partial charge in [-0.25, -0.2) is 9.18 Å². The normalized spacial score (nSPS) is 34.6. The molecule has 0 aromatic rings. The SMILES string of the molecule is O=C(O)C1(O)C=CC=C(F)C1O. The molecule has 12 heavy (non-hydrogen) atoms. The van der Waals surface area contributed by atoms with Gasteiger partial charge in [-0.15, -0.1) is 0 Å². The van der Waals surface area contributed by atoms with E-state index >= 15 is 0 Å². The van der Waals surface area contributed by atoms with Crippen LogP contribution < -0.4 is 0 Å². The predicted molar refractivity (Wildman–Crippen MR) is 36.9 cm³/mol. The van der Waals surface area contributed by atoms with E-state index in [0.29, 0.717) is 0 Å². The van der Waals surface area contributed by atoms with Gasteiger partial charge in [0.15, 0.2) is 0 Å². The van der Waals surface area contributed by atoms with Crippen molar-refractivity contribution in [3.8, 4) is 0 Å². The Morgan fingerprint density at radius 1 is 1.67 bits per heavy atom. The number of aliphatic hydroxyl groups excluding tert-OH is 1. The molecule has 2 atom stereocenters. The van der Waals surface area contributed by atoms with Crippen LogP contribution in [0.5, 0.6) is 0 Å². The van der Waals surface area contributed by atoms with E-state index in [2.05, 4.69) is 0 Å². The third-order valence-electron chi connectivity index (χ3n) is 1.63. The third-order valence-corrected chi connectivity index (χ3v) is 1.63. The van der Waals surface area contributed by atoms with Crippen LogP contribution in [0.1, 0.15) is 0 Å². The summed E-state index contributed by atoms with van der Waals surface area (Å²) >= 11 is 0. The first-order valence-electron chi connectivity index (χ1n) is 3.17. The summed E-state index contributed by atoms with van der Waals surface area (Å²) in [6, 6.07) is 0. The summed E-state index contributed by atoms with van der Waals surface area (Å²) in [5.74, 6) is -2.75. The Morgan fingerprint density at radius 2 is 2.25 bits per heavy atom. The second kappa shape index (κ2) is 2.69. The number of hydrogen-bond acceptors (Lipinski definition) is 3. The van der Waals surface area contributed by atoms with Gasteiger partial charge in [0, 0.05) is 0 Å². The van der Waals surface area contributed by atoms with Crippen LogP contribution >= 0.6 is 0 Å². The van der Waals surface area contributed by atoms with E-state index in [-0.39, 0.29) is 0 Å². The quantitative estimate of drug-likeness (QED) is 0.504. The van der Waals surface area contributed by atoms with E-state index in [4.69, 9.17) is 10.2 Å². The molecule has 0 spiro atoms. The van der Waals surface area contributed by atoms with E-state index in [9.17, 15) is 14.3 Å². The number of hydrogen-bond donors (Lipinski definition) is 3. The minimum absolute atomic E-state index is 0.822. The zero-order valence-corrected chi connectivity index (χ0v) is 5.94. The largest absolute Gasteiger partial charge is 0.479 e. The highest BCUT2D eigenvalue weighted by atomic mass is 19.1. The summed E-state index contributed by atoms with van der Waals surface area (Å²) in [6.45, 7) is 0. The number of allylic oxidation sites excluding steroid dienone is 2. The van der Waals surface area contributed by atoms with E-state index < -0.39 is 23.5 Å². The molecule has 0 aliphatic heterocycles. The fourth-order valence-electron chi connectivity index (χ4n) is 0.867. The Kier molecular flexibility index (Phi) is 1.99. The van der Waals surface area contributed by atoms with Gasteiger partial charge in [-0.2, -0.15) is 0 Å². The van der Waals surface area contributed by atoms with E-state index in [1.54, 1.807) is 0 Å². The van der Waals surface area contributed by atoms with Crippen LogP contribution in [-0.2, 0) is 4.79 Å². The van der Waals surface area contributed by atoms with Crippen molar-refractivity contribution in [1.82, 2.24) is 0 Å². The van der Waals surface area contributed by atoms with Crippen molar-refractivity contribution in [2.24, 2.45) is 0 Å². The molecular formula is C7H7FO4. The molecule has 0 radical (unpaired) electrons. The van der Waals surface area contributed by atoms with Crippen LogP contribution in [0.3, 0.4) is 0 Å². The van der Waals surface area contributed by atoms with Crippen molar-refractivity contribution < 1.29 is 24.5 Å². The van der Waals surface area contributed by atoms with Gasteiger partial charge in [0.2, 0.25) is 5.60 Å². The van der Waals surface area contributed by atoms with Crippen molar-refractivity contribution in [2.45, 2.75) is 11.7 Å². The zero-order valence-electron chi connectivity index (χ0n) is 5.94. The highest BCUT2D eigenvalue weighted by Gasteiger charge is 2.44. The molecule has 1 rings (SSSR count). The Hall–Kier alpha value is -1.20. The first kappa shape index (κ1) is 8.89. The van der Waals surface area contributed by atoms with Crippen molar-refractivity contribution in [1.29, 1.82) is 0 Å². The Balaban J connectivity index is 3.03. The molecule has 1 aliphatic carbocycles. The lowest BCUT2D eigenvalue weighted by atomic mass is 9.92. The number of rotatable bonds is 1. The van der Waals surface area contributed by atoms with Gasteiger partial charge in [-0.1, -0.05) is 6.08 Å².